The molecule has 0 heterocycles. The van der Waals surface area contributed by atoms with Crippen LogP contribution in [0.15, 0.2) is 12.3 Å². The van der Waals surface area contributed by atoms with Crippen molar-refractivity contribution in [2.75, 3.05) is 7.11 Å². The maximum absolute atomic E-state index is 11.3. The quantitative estimate of drug-likeness (QED) is 0.748. The number of ether oxygens (including phenoxy) is 2. The topological polar surface area (TPSA) is 64.6 Å². The summed E-state index contributed by atoms with van der Waals surface area (Å²) in [5, 5.41) is 2.45. The van der Waals surface area contributed by atoms with Crippen LogP contribution in [0.5, 0.6) is 0 Å². The van der Waals surface area contributed by atoms with Gasteiger partial charge >= 0.3 is 12.1 Å². The van der Waals surface area contributed by atoms with E-state index in [4.69, 9.17) is 4.74 Å². The van der Waals surface area contributed by atoms with E-state index >= 15 is 0 Å². The molecule has 0 atom stereocenters. The summed E-state index contributed by atoms with van der Waals surface area (Å²) in [7, 11) is 1.31. The molecule has 1 N–H and O–H groups in total. The van der Waals surface area contributed by atoms with Gasteiger partial charge in [0.25, 0.3) is 0 Å². The Morgan fingerprint density at radius 2 is 1.81 bits per heavy atom. The monoisotopic (exact) mass is 229 g/mol. The average Bonchev–Trinajstić information content (AvgIpc) is 2.10. The van der Waals surface area contributed by atoms with Crippen molar-refractivity contribution in [3.05, 3.63) is 12.3 Å². The Labute approximate surface area is 95.8 Å². The van der Waals surface area contributed by atoms with Crippen molar-refractivity contribution in [3.63, 3.8) is 0 Å². The Hall–Kier alpha value is -1.52. The SMILES string of the molecule is C=C(CCC(=O)OC)NC(=O)OC(C)(C)C. The van der Waals surface area contributed by atoms with E-state index in [1.165, 1.54) is 7.11 Å². The van der Waals surface area contributed by atoms with Gasteiger partial charge in [0, 0.05) is 5.70 Å². The average molecular weight is 229 g/mol. The van der Waals surface area contributed by atoms with E-state index in [2.05, 4.69) is 16.6 Å². The number of alkyl carbamates (subject to hydrolysis) is 1. The van der Waals surface area contributed by atoms with E-state index in [1.54, 1.807) is 20.8 Å². The highest BCUT2D eigenvalue weighted by Crippen LogP contribution is 2.08. The van der Waals surface area contributed by atoms with Crippen LogP contribution in [0.25, 0.3) is 0 Å². The molecular formula is C11H19NO4. The van der Waals surface area contributed by atoms with E-state index < -0.39 is 11.7 Å². The van der Waals surface area contributed by atoms with Gasteiger partial charge in [-0.25, -0.2) is 4.79 Å². The lowest BCUT2D eigenvalue weighted by Crippen LogP contribution is -2.31. The van der Waals surface area contributed by atoms with E-state index in [0.717, 1.165) is 0 Å². The number of rotatable bonds is 4. The van der Waals surface area contributed by atoms with Gasteiger partial charge in [0.1, 0.15) is 5.60 Å². The third-order valence-corrected chi connectivity index (χ3v) is 1.54. The van der Waals surface area contributed by atoms with Crippen LogP contribution in [-0.2, 0) is 14.3 Å². The number of allylic oxidation sites excluding steroid dienone is 1. The van der Waals surface area contributed by atoms with Gasteiger partial charge in [-0.15, -0.1) is 0 Å². The van der Waals surface area contributed by atoms with Crippen molar-refractivity contribution >= 4 is 12.1 Å². The summed E-state index contributed by atoms with van der Waals surface area (Å²) in [6.07, 6.45) is -0.0424. The highest BCUT2D eigenvalue weighted by molar-refractivity contribution is 5.71. The fourth-order valence-corrected chi connectivity index (χ4v) is 0.865. The van der Waals surface area contributed by atoms with E-state index in [-0.39, 0.29) is 12.4 Å². The summed E-state index contributed by atoms with van der Waals surface area (Å²) in [6, 6.07) is 0. The molecular weight excluding hydrogens is 210 g/mol. The summed E-state index contributed by atoms with van der Waals surface area (Å²) in [4.78, 5) is 22.1. The molecule has 0 aromatic rings. The molecule has 0 saturated carbocycles. The largest absolute Gasteiger partial charge is 0.469 e. The number of esters is 1. The van der Waals surface area contributed by atoms with Crippen LogP contribution >= 0.6 is 0 Å². The maximum atomic E-state index is 11.3. The predicted octanol–water partition coefficient (Wildman–Crippen LogP) is 1.98. The van der Waals surface area contributed by atoms with Crippen molar-refractivity contribution in [2.45, 2.75) is 39.2 Å². The van der Waals surface area contributed by atoms with E-state index in [0.29, 0.717) is 12.1 Å². The minimum Gasteiger partial charge on any atom is -0.469 e. The Balaban J connectivity index is 3.88. The predicted molar refractivity (Wildman–Crippen MR) is 59.8 cm³/mol. The zero-order valence-electron chi connectivity index (χ0n) is 10.3. The molecule has 0 aliphatic rings. The van der Waals surface area contributed by atoms with Gasteiger partial charge in [-0.3, -0.25) is 10.1 Å². The summed E-state index contributed by atoms with van der Waals surface area (Å²) in [5.74, 6) is -0.341. The molecule has 0 spiro atoms. The summed E-state index contributed by atoms with van der Waals surface area (Å²) in [5.41, 5.74) is -0.119. The van der Waals surface area contributed by atoms with Gasteiger partial charge < -0.3 is 9.47 Å². The number of carbonyl (C=O) groups is 2. The number of carbonyl (C=O) groups excluding carboxylic acids is 2. The molecule has 0 unspecified atom stereocenters. The van der Waals surface area contributed by atoms with Crippen LogP contribution < -0.4 is 5.32 Å². The third-order valence-electron chi connectivity index (χ3n) is 1.54. The Kier molecular flexibility index (Phi) is 5.56. The minimum absolute atomic E-state index is 0.186. The summed E-state index contributed by atoms with van der Waals surface area (Å²) in [6.45, 7) is 8.91. The van der Waals surface area contributed by atoms with Crippen LogP contribution in [0.3, 0.4) is 0 Å². The second-order valence-electron chi connectivity index (χ2n) is 4.31. The molecule has 0 aliphatic carbocycles. The van der Waals surface area contributed by atoms with Crippen molar-refractivity contribution in [3.8, 4) is 0 Å². The van der Waals surface area contributed by atoms with Gasteiger partial charge in [-0.2, -0.15) is 0 Å². The molecule has 92 valence electrons. The molecule has 0 bridgehead atoms. The molecule has 0 radical (unpaired) electrons. The number of hydrogen-bond donors (Lipinski definition) is 1. The molecule has 5 heteroatoms. The lowest BCUT2D eigenvalue weighted by Gasteiger charge is -2.20. The van der Waals surface area contributed by atoms with Gasteiger partial charge in [-0.1, -0.05) is 6.58 Å². The lowest BCUT2D eigenvalue weighted by atomic mass is 10.2. The second kappa shape index (κ2) is 6.15. The zero-order valence-corrected chi connectivity index (χ0v) is 10.3. The van der Waals surface area contributed by atoms with Crippen LogP contribution in [0.4, 0.5) is 4.79 Å². The zero-order chi connectivity index (χ0) is 12.8. The van der Waals surface area contributed by atoms with Crippen molar-refractivity contribution < 1.29 is 19.1 Å². The first-order valence-electron chi connectivity index (χ1n) is 4.99. The highest BCUT2D eigenvalue weighted by atomic mass is 16.6. The Morgan fingerprint density at radius 3 is 2.25 bits per heavy atom. The number of nitrogens with one attached hydrogen (secondary N) is 1. The molecule has 0 saturated heterocycles. The van der Waals surface area contributed by atoms with Gasteiger partial charge in [0.2, 0.25) is 0 Å². The molecule has 0 aliphatic heterocycles. The van der Waals surface area contributed by atoms with Crippen molar-refractivity contribution in [1.82, 2.24) is 5.32 Å². The fourth-order valence-electron chi connectivity index (χ4n) is 0.865. The van der Waals surface area contributed by atoms with E-state index in [9.17, 15) is 9.59 Å². The number of hydrogen-bond acceptors (Lipinski definition) is 4. The summed E-state index contributed by atoms with van der Waals surface area (Å²) >= 11 is 0. The van der Waals surface area contributed by atoms with Crippen LogP contribution in [-0.4, -0.2) is 24.8 Å². The molecule has 0 aromatic heterocycles. The molecule has 0 rings (SSSR count). The highest BCUT2D eigenvalue weighted by Gasteiger charge is 2.16. The molecule has 0 fully saturated rings. The van der Waals surface area contributed by atoms with Crippen molar-refractivity contribution in [1.29, 1.82) is 0 Å². The molecule has 16 heavy (non-hydrogen) atoms. The lowest BCUT2D eigenvalue weighted by molar-refractivity contribution is -0.140. The first-order valence-corrected chi connectivity index (χ1v) is 4.99. The maximum Gasteiger partial charge on any atom is 0.411 e. The summed E-state index contributed by atoms with van der Waals surface area (Å²) < 4.78 is 9.48. The van der Waals surface area contributed by atoms with Gasteiger partial charge in [0.05, 0.1) is 13.5 Å². The molecule has 5 nitrogen and oxygen atoms in total. The van der Waals surface area contributed by atoms with Crippen LogP contribution in [0.1, 0.15) is 33.6 Å². The van der Waals surface area contributed by atoms with Gasteiger partial charge in [0.15, 0.2) is 0 Å². The minimum atomic E-state index is -0.567. The third kappa shape index (κ3) is 7.84. The van der Waals surface area contributed by atoms with Crippen LogP contribution in [0, 0.1) is 0 Å². The first kappa shape index (κ1) is 14.5. The number of methoxy groups -OCH3 is 1. The second-order valence-corrected chi connectivity index (χ2v) is 4.31. The number of amides is 1. The normalized spacial score (nSPS) is 10.5. The first-order chi connectivity index (χ1) is 7.24. The Morgan fingerprint density at radius 1 is 1.25 bits per heavy atom. The van der Waals surface area contributed by atoms with Crippen molar-refractivity contribution in [2.24, 2.45) is 0 Å². The van der Waals surface area contributed by atoms with Gasteiger partial charge in [-0.05, 0) is 27.2 Å². The van der Waals surface area contributed by atoms with E-state index in [1.807, 2.05) is 0 Å². The smallest absolute Gasteiger partial charge is 0.411 e. The van der Waals surface area contributed by atoms with Crippen LogP contribution in [0.2, 0.25) is 0 Å². The molecule has 0 aromatic carbocycles. The Bertz CT molecular complexity index is 278. The molecule has 1 amide bonds. The standard InChI is InChI=1S/C11H19NO4/c1-8(6-7-9(13)15-5)12-10(14)16-11(2,3)4/h1,6-7H2,2-5H3,(H,12,14). The fraction of sp³-hybridized carbons (Fsp3) is 0.636.